The summed E-state index contributed by atoms with van der Waals surface area (Å²) >= 11 is 12.3. The third-order valence-electron chi connectivity index (χ3n) is 5.70. The molecule has 4 aromatic rings. The molecule has 0 unspecified atom stereocenters. The molecule has 0 atom stereocenters. The van der Waals surface area contributed by atoms with Crippen LogP contribution in [-0.4, -0.2) is 18.2 Å². The third-order valence-corrected chi connectivity index (χ3v) is 6.19. The second-order valence-electron chi connectivity index (χ2n) is 7.65. The second-order valence-corrected chi connectivity index (χ2v) is 8.53. The highest BCUT2D eigenvalue weighted by Crippen LogP contribution is 2.40. The van der Waals surface area contributed by atoms with Crippen LogP contribution >= 0.6 is 23.2 Å². The Morgan fingerprint density at radius 2 is 1.55 bits per heavy atom. The summed E-state index contributed by atoms with van der Waals surface area (Å²) in [4.78, 5) is 4.57. The molecular formula is C26H21Cl2NO2. The Morgan fingerprint density at radius 1 is 0.774 bits per heavy atom. The summed E-state index contributed by atoms with van der Waals surface area (Å²) in [5.74, 6) is -0.932. The van der Waals surface area contributed by atoms with Gasteiger partial charge in [0.25, 0.3) is 0 Å². The van der Waals surface area contributed by atoms with Gasteiger partial charge < -0.3 is 9.47 Å². The molecule has 1 aliphatic heterocycles. The maximum atomic E-state index is 6.18. The smallest absolute Gasteiger partial charge is 0.222 e. The average Bonchev–Trinajstić information content (AvgIpc) is 3.29. The normalized spacial score (nSPS) is 15.4. The molecule has 5 heteroatoms. The lowest BCUT2D eigenvalue weighted by molar-refractivity contribution is -0.129. The number of ether oxygens (including phenoxy) is 2. The highest BCUT2D eigenvalue weighted by molar-refractivity contribution is 6.30. The zero-order chi connectivity index (χ0) is 21.3. The summed E-state index contributed by atoms with van der Waals surface area (Å²) < 4.78 is 12.4. The first-order chi connectivity index (χ1) is 15.1. The minimum absolute atomic E-state index is 0.537. The van der Waals surface area contributed by atoms with E-state index in [9.17, 15) is 0 Å². The van der Waals surface area contributed by atoms with Gasteiger partial charge in [-0.05, 0) is 66.4 Å². The maximum Gasteiger partial charge on any atom is 0.222 e. The molecule has 0 spiro atoms. The first-order valence-electron chi connectivity index (χ1n) is 10.3. The zero-order valence-corrected chi connectivity index (χ0v) is 18.4. The van der Waals surface area contributed by atoms with Crippen molar-refractivity contribution in [1.82, 2.24) is 4.98 Å². The Bertz CT molecular complexity index is 1220. The Labute approximate surface area is 191 Å². The Morgan fingerprint density at radius 3 is 2.32 bits per heavy atom. The van der Waals surface area contributed by atoms with Gasteiger partial charge in [-0.15, -0.1) is 0 Å². The number of halogens is 2. The van der Waals surface area contributed by atoms with E-state index in [4.69, 9.17) is 32.7 Å². The molecule has 1 aromatic heterocycles. The molecule has 3 nitrogen and oxygen atoms in total. The van der Waals surface area contributed by atoms with Gasteiger partial charge in [-0.25, -0.2) is 0 Å². The van der Waals surface area contributed by atoms with E-state index in [0.29, 0.717) is 18.2 Å². The molecule has 0 bridgehead atoms. The number of hydrogen-bond acceptors (Lipinski definition) is 3. The summed E-state index contributed by atoms with van der Waals surface area (Å²) in [5, 5.41) is 2.55. The van der Waals surface area contributed by atoms with Gasteiger partial charge in [0, 0.05) is 32.8 Å². The van der Waals surface area contributed by atoms with E-state index in [1.807, 2.05) is 60.8 Å². The summed E-state index contributed by atoms with van der Waals surface area (Å²) in [6.45, 7) is 1.07. The molecule has 3 aromatic carbocycles. The van der Waals surface area contributed by atoms with Crippen LogP contribution in [-0.2, 0) is 28.1 Å². The minimum Gasteiger partial charge on any atom is -0.340 e. The van der Waals surface area contributed by atoms with Crippen LogP contribution < -0.4 is 0 Å². The number of pyridine rings is 1. The van der Waals surface area contributed by atoms with Gasteiger partial charge in [0.1, 0.15) is 0 Å². The molecule has 31 heavy (non-hydrogen) atoms. The standard InChI is InChI=1S/C26H21Cl2NO2/c27-22-9-6-20(7-10-22)26(30-14-15-31-26)21-8-11-25-24(17-21)19(12-13-29-25)5-4-18-2-1-3-23(28)16-18/h1-3,6-13,16-17H,4-5,14-15H2. The van der Waals surface area contributed by atoms with E-state index in [1.165, 1.54) is 11.1 Å². The number of aromatic nitrogens is 1. The maximum absolute atomic E-state index is 6.18. The largest absolute Gasteiger partial charge is 0.340 e. The van der Waals surface area contributed by atoms with Crippen molar-refractivity contribution in [3.8, 4) is 0 Å². The first-order valence-corrected chi connectivity index (χ1v) is 11.1. The van der Waals surface area contributed by atoms with Gasteiger partial charge in [-0.1, -0.05) is 53.5 Å². The highest BCUT2D eigenvalue weighted by Gasteiger charge is 2.40. The van der Waals surface area contributed by atoms with E-state index in [2.05, 4.69) is 23.2 Å². The van der Waals surface area contributed by atoms with Crippen LogP contribution in [0.3, 0.4) is 0 Å². The SMILES string of the molecule is Clc1ccc(C2(c3ccc4nccc(CCc5cccc(Cl)c5)c4c3)OCCO2)cc1. The van der Waals surface area contributed by atoms with Crippen molar-refractivity contribution in [2.45, 2.75) is 18.6 Å². The van der Waals surface area contributed by atoms with Crippen LogP contribution in [0.15, 0.2) is 79.0 Å². The van der Waals surface area contributed by atoms with Crippen LogP contribution in [0.25, 0.3) is 10.9 Å². The zero-order valence-electron chi connectivity index (χ0n) is 16.9. The van der Waals surface area contributed by atoms with Crippen LogP contribution in [0, 0.1) is 0 Å². The van der Waals surface area contributed by atoms with Gasteiger partial charge >= 0.3 is 0 Å². The first kappa shape index (κ1) is 20.5. The quantitative estimate of drug-likeness (QED) is 0.345. The summed E-state index contributed by atoms with van der Waals surface area (Å²) in [7, 11) is 0. The molecule has 156 valence electrons. The number of rotatable bonds is 5. The lowest BCUT2D eigenvalue weighted by atomic mass is 9.93. The predicted molar refractivity (Wildman–Crippen MR) is 125 cm³/mol. The minimum atomic E-state index is -0.932. The van der Waals surface area contributed by atoms with E-state index < -0.39 is 5.79 Å². The van der Waals surface area contributed by atoms with E-state index >= 15 is 0 Å². The van der Waals surface area contributed by atoms with Crippen molar-refractivity contribution < 1.29 is 9.47 Å². The number of fused-ring (bicyclic) bond motifs is 1. The van der Waals surface area contributed by atoms with Gasteiger partial charge in [-0.2, -0.15) is 0 Å². The van der Waals surface area contributed by atoms with E-state index in [0.717, 1.165) is 39.9 Å². The molecule has 0 saturated carbocycles. The summed E-state index contributed by atoms with van der Waals surface area (Å²) in [5.41, 5.74) is 5.29. The molecule has 1 fully saturated rings. The molecule has 0 N–H and O–H groups in total. The van der Waals surface area contributed by atoms with Crippen molar-refractivity contribution in [3.05, 3.63) is 111 Å². The molecule has 0 radical (unpaired) electrons. The van der Waals surface area contributed by atoms with Crippen molar-refractivity contribution in [2.24, 2.45) is 0 Å². The third kappa shape index (κ3) is 4.07. The molecule has 0 aliphatic carbocycles. The van der Waals surface area contributed by atoms with E-state index in [-0.39, 0.29) is 0 Å². The number of hydrogen-bond donors (Lipinski definition) is 0. The summed E-state index contributed by atoms with van der Waals surface area (Å²) in [6, 6.07) is 24.0. The summed E-state index contributed by atoms with van der Waals surface area (Å²) in [6.07, 6.45) is 3.66. The second kappa shape index (κ2) is 8.60. The monoisotopic (exact) mass is 449 g/mol. The molecular weight excluding hydrogens is 429 g/mol. The number of nitrogens with zero attached hydrogens (tertiary/aromatic N) is 1. The van der Waals surface area contributed by atoms with Crippen LogP contribution in [0.2, 0.25) is 10.0 Å². The average molecular weight is 450 g/mol. The van der Waals surface area contributed by atoms with Crippen LogP contribution in [0.5, 0.6) is 0 Å². The lowest BCUT2D eigenvalue weighted by Crippen LogP contribution is -2.28. The Kier molecular flexibility index (Phi) is 5.68. The molecule has 2 heterocycles. The van der Waals surface area contributed by atoms with Crippen LogP contribution in [0.4, 0.5) is 0 Å². The fourth-order valence-electron chi connectivity index (χ4n) is 4.18. The van der Waals surface area contributed by atoms with Crippen molar-refractivity contribution in [1.29, 1.82) is 0 Å². The van der Waals surface area contributed by atoms with Crippen molar-refractivity contribution in [3.63, 3.8) is 0 Å². The fourth-order valence-corrected chi connectivity index (χ4v) is 4.52. The fraction of sp³-hybridized carbons (Fsp3) is 0.192. The van der Waals surface area contributed by atoms with Gasteiger partial charge in [0.2, 0.25) is 5.79 Å². The number of aryl methyl sites for hydroxylation is 2. The predicted octanol–water partition coefficient (Wildman–Crippen LogP) is 6.57. The van der Waals surface area contributed by atoms with Gasteiger partial charge in [0.15, 0.2) is 0 Å². The number of benzene rings is 3. The molecule has 1 saturated heterocycles. The van der Waals surface area contributed by atoms with Gasteiger partial charge in [-0.3, -0.25) is 4.98 Å². The molecule has 5 rings (SSSR count). The van der Waals surface area contributed by atoms with Gasteiger partial charge in [0.05, 0.1) is 18.7 Å². The lowest BCUT2D eigenvalue weighted by Gasteiger charge is -2.29. The van der Waals surface area contributed by atoms with Crippen molar-refractivity contribution in [2.75, 3.05) is 13.2 Å². The highest BCUT2D eigenvalue weighted by atomic mass is 35.5. The Hall–Kier alpha value is -2.43. The molecule has 1 aliphatic rings. The Balaban J connectivity index is 1.54. The topological polar surface area (TPSA) is 31.4 Å². The van der Waals surface area contributed by atoms with Crippen LogP contribution in [0.1, 0.15) is 22.3 Å². The van der Waals surface area contributed by atoms with Crippen molar-refractivity contribution >= 4 is 34.1 Å². The molecule has 0 amide bonds. The van der Waals surface area contributed by atoms with E-state index in [1.54, 1.807) is 0 Å².